The van der Waals surface area contributed by atoms with Gasteiger partial charge in [0.1, 0.15) is 5.82 Å². The molecule has 0 atom stereocenters. The van der Waals surface area contributed by atoms with E-state index < -0.39 is 6.09 Å². The van der Waals surface area contributed by atoms with Gasteiger partial charge in [-0.25, -0.2) is 9.18 Å². The smallest absolute Gasteiger partial charge is 0.433 e. The Morgan fingerprint density at radius 1 is 1.26 bits per heavy atom. The third-order valence-corrected chi connectivity index (χ3v) is 2.30. The maximum atomic E-state index is 12.9. The van der Waals surface area contributed by atoms with Gasteiger partial charge in [-0.3, -0.25) is 0 Å². The van der Waals surface area contributed by atoms with Crippen LogP contribution in [0.25, 0.3) is 0 Å². The lowest BCUT2D eigenvalue weighted by atomic mass is 9.85. The van der Waals surface area contributed by atoms with Crippen molar-refractivity contribution in [3.63, 3.8) is 0 Å². The van der Waals surface area contributed by atoms with Crippen molar-refractivity contribution in [2.75, 3.05) is 6.61 Å². The van der Waals surface area contributed by atoms with E-state index in [1.807, 2.05) is 20.8 Å². The molecule has 0 saturated carbocycles. The maximum absolute atomic E-state index is 12.9. The first-order chi connectivity index (χ1) is 8.34. The molecule has 0 heterocycles. The highest BCUT2D eigenvalue weighted by molar-refractivity contribution is 6.08. The molecular formula is C15H22FNO2. The number of halogens is 1. The highest BCUT2D eigenvalue weighted by atomic mass is 19.1. The lowest BCUT2D eigenvalue weighted by Crippen LogP contribution is -2.23. The molecule has 1 aromatic carbocycles. The summed E-state index contributed by atoms with van der Waals surface area (Å²) in [5.74, 6) is -0.317. The number of carbonyl (C=O) groups excluding carboxylic acids is 1. The minimum Gasteiger partial charge on any atom is -0.448 e. The molecule has 0 radical (unpaired) electrons. The van der Waals surface area contributed by atoms with Gasteiger partial charge in [-0.1, -0.05) is 40.3 Å². The number of amides is 1. The average molecular weight is 267 g/mol. The second-order valence-corrected chi connectivity index (χ2v) is 4.92. The first-order valence-electron chi connectivity index (χ1n) is 5.86. The van der Waals surface area contributed by atoms with Crippen LogP contribution in [-0.2, 0) is 4.74 Å². The Morgan fingerprint density at radius 3 is 2.21 bits per heavy atom. The van der Waals surface area contributed by atoms with Crippen LogP contribution in [0.3, 0.4) is 0 Å². The quantitative estimate of drug-likeness (QED) is 0.742. The number of rotatable bonds is 2. The molecule has 1 amide bonds. The van der Waals surface area contributed by atoms with Gasteiger partial charge in [-0.05, 0) is 24.6 Å². The topological polar surface area (TPSA) is 38.7 Å². The van der Waals surface area contributed by atoms with Crippen molar-refractivity contribution in [3.05, 3.63) is 35.6 Å². The molecule has 0 unspecified atom stereocenters. The Kier molecular flexibility index (Phi) is 6.39. The van der Waals surface area contributed by atoms with E-state index in [4.69, 9.17) is 4.74 Å². The molecule has 0 aromatic heterocycles. The summed E-state index contributed by atoms with van der Waals surface area (Å²) in [4.78, 5) is 15.4. The van der Waals surface area contributed by atoms with Gasteiger partial charge >= 0.3 is 6.09 Å². The first kappa shape index (κ1) is 17.3. The normalized spacial score (nSPS) is 11.7. The van der Waals surface area contributed by atoms with Crippen molar-refractivity contribution in [1.29, 1.82) is 0 Å². The third kappa shape index (κ3) is 5.20. The molecule has 1 aromatic rings. The summed E-state index contributed by atoms with van der Waals surface area (Å²) in [5.41, 5.74) is 0.975. The van der Waals surface area contributed by atoms with Crippen molar-refractivity contribution in [2.45, 2.75) is 35.1 Å². The summed E-state index contributed by atoms with van der Waals surface area (Å²) in [6.07, 6.45) is -0.619. The van der Waals surface area contributed by atoms with E-state index in [2.05, 4.69) is 4.99 Å². The number of nitrogens with zero attached hydrogens (tertiary/aromatic N) is 1. The summed E-state index contributed by atoms with van der Waals surface area (Å²) in [6, 6.07) is 5.92. The Hall–Kier alpha value is -1.71. The van der Waals surface area contributed by atoms with E-state index in [-0.39, 0.29) is 25.3 Å². The second-order valence-electron chi connectivity index (χ2n) is 4.92. The number of hydrogen-bond donors (Lipinski definition) is 0. The van der Waals surface area contributed by atoms with E-state index in [0.717, 1.165) is 5.56 Å². The molecule has 0 fully saturated rings. The van der Waals surface area contributed by atoms with Gasteiger partial charge in [-0.2, -0.15) is 4.99 Å². The molecule has 0 aliphatic rings. The summed E-state index contributed by atoms with van der Waals surface area (Å²) >= 11 is 0. The molecule has 19 heavy (non-hydrogen) atoms. The summed E-state index contributed by atoms with van der Waals surface area (Å²) in [5, 5.41) is 0. The predicted molar refractivity (Wildman–Crippen MR) is 76.1 cm³/mol. The van der Waals surface area contributed by atoms with E-state index in [0.29, 0.717) is 5.71 Å². The van der Waals surface area contributed by atoms with E-state index in [1.54, 1.807) is 19.1 Å². The van der Waals surface area contributed by atoms with Crippen molar-refractivity contribution in [1.82, 2.24) is 0 Å². The summed E-state index contributed by atoms with van der Waals surface area (Å²) in [6.45, 7) is 7.82. The molecule has 3 nitrogen and oxygen atoms in total. The molecule has 0 aliphatic carbocycles. The van der Waals surface area contributed by atoms with Crippen molar-refractivity contribution in [3.8, 4) is 0 Å². The highest BCUT2D eigenvalue weighted by Crippen LogP contribution is 2.22. The fraction of sp³-hybridized carbons (Fsp3) is 0.467. The van der Waals surface area contributed by atoms with Crippen LogP contribution in [0.15, 0.2) is 29.3 Å². The first-order valence-corrected chi connectivity index (χ1v) is 5.86. The summed E-state index contributed by atoms with van der Waals surface area (Å²) in [7, 11) is 0. The van der Waals surface area contributed by atoms with E-state index >= 15 is 0 Å². The van der Waals surface area contributed by atoms with Crippen molar-refractivity contribution < 1.29 is 13.9 Å². The largest absolute Gasteiger partial charge is 0.448 e. The van der Waals surface area contributed by atoms with Gasteiger partial charge in [-0.15, -0.1) is 0 Å². The van der Waals surface area contributed by atoms with Crippen LogP contribution < -0.4 is 0 Å². The van der Waals surface area contributed by atoms with Crippen LogP contribution in [0.1, 0.15) is 40.7 Å². The van der Waals surface area contributed by atoms with Gasteiger partial charge < -0.3 is 4.74 Å². The van der Waals surface area contributed by atoms with Gasteiger partial charge in [0.2, 0.25) is 0 Å². The molecule has 0 spiro atoms. The lowest BCUT2D eigenvalue weighted by molar-refractivity contribution is 0.163. The average Bonchev–Trinajstić information content (AvgIpc) is 2.26. The fourth-order valence-corrected chi connectivity index (χ4v) is 1.52. The molecule has 1 rings (SSSR count). The number of hydrogen-bond acceptors (Lipinski definition) is 2. The van der Waals surface area contributed by atoms with Crippen molar-refractivity contribution >= 4 is 11.8 Å². The minimum atomic E-state index is -0.619. The number of carbonyl (C=O) groups is 1. The van der Waals surface area contributed by atoms with Crippen LogP contribution in [0.2, 0.25) is 0 Å². The molecule has 0 N–H and O–H groups in total. The van der Waals surface area contributed by atoms with Crippen LogP contribution in [0.4, 0.5) is 9.18 Å². The van der Waals surface area contributed by atoms with Gasteiger partial charge in [0.05, 0.1) is 12.3 Å². The molecule has 0 aliphatic heterocycles. The van der Waals surface area contributed by atoms with Gasteiger partial charge in [0.15, 0.2) is 0 Å². The van der Waals surface area contributed by atoms with Crippen LogP contribution in [0.5, 0.6) is 0 Å². The monoisotopic (exact) mass is 267 g/mol. The Morgan fingerprint density at radius 2 is 1.79 bits per heavy atom. The zero-order chi connectivity index (χ0) is 13.8. The van der Waals surface area contributed by atoms with Crippen LogP contribution in [0, 0.1) is 11.2 Å². The van der Waals surface area contributed by atoms with Gasteiger partial charge in [0.25, 0.3) is 0 Å². The number of ether oxygens (including phenoxy) is 1. The number of benzene rings is 1. The van der Waals surface area contributed by atoms with E-state index in [9.17, 15) is 9.18 Å². The molecule has 0 bridgehead atoms. The van der Waals surface area contributed by atoms with Crippen molar-refractivity contribution in [2.24, 2.45) is 10.4 Å². The molecule has 4 heteroatoms. The third-order valence-electron chi connectivity index (χ3n) is 2.30. The Labute approximate surface area is 114 Å². The number of aliphatic imine (C=N–C) groups is 1. The molecule has 106 valence electrons. The van der Waals surface area contributed by atoms with Crippen LogP contribution >= 0.6 is 0 Å². The Balaban J connectivity index is 0.00000324. The van der Waals surface area contributed by atoms with E-state index in [1.165, 1.54) is 12.1 Å². The zero-order valence-electron chi connectivity index (χ0n) is 11.2. The summed E-state index contributed by atoms with van der Waals surface area (Å²) < 4.78 is 17.7. The standard InChI is InChI=1S/C14H18FNO2.CH4/c1-5-18-13(17)16-12(14(2,3)4)10-6-8-11(15)9-7-10;/h6-9H,5H2,1-4H3;1H4. The highest BCUT2D eigenvalue weighted by Gasteiger charge is 2.22. The predicted octanol–water partition coefficient (Wildman–Crippen LogP) is 4.45. The minimum absolute atomic E-state index is 0. The SMILES string of the molecule is C.CCOC(=O)N=C(c1ccc(F)cc1)C(C)(C)C. The fourth-order valence-electron chi connectivity index (χ4n) is 1.52. The lowest BCUT2D eigenvalue weighted by Gasteiger charge is -2.21. The maximum Gasteiger partial charge on any atom is 0.433 e. The second kappa shape index (κ2) is 7.02. The molecule has 0 saturated heterocycles. The zero-order valence-corrected chi connectivity index (χ0v) is 11.2. The Bertz CT molecular complexity index is 444. The van der Waals surface area contributed by atoms with Crippen LogP contribution in [-0.4, -0.2) is 18.4 Å². The molecular weight excluding hydrogens is 245 g/mol. The van der Waals surface area contributed by atoms with Gasteiger partial charge in [0, 0.05) is 5.41 Å².